The molecule has 1 fully saturated rings. The molecule has 1 saturated heterocycles. The Balaban J connectivity index is 1.52. The highest BCUT2D eigenvalue weighted by Crippen LogP contribution is 2.40. The molecule has 0 aromatic heterocycles. The summed E-state index contributed by atoms with van der Waals surface area (Å²) in [5.41, 5.74) is 5.97. The second-order valence-electron chi connectivity index (χ2n) is 11.7. The van der Waals surface area contributed by atoms with Crippen LogP contribution in [0, 0.1) is 5.41 Å². The molecule has 0 radical (unpaired) electrons. The molecule has 1 heterocycles. The number of allylic oxidation sites excluding steroid dienone is 9. The van der Waals surface area contributed by atoms with Gasteiger partial charge in [0.15, 0.2) is 0 Å². The summed E-state index contributed by atoms with van der Waals surface area (Å²) in [4.78, 5) is 29.5. The normalized spacial score (nSPS) is 19.2. The van der Waals surface area contributed by atoms with Gasteiger partial charge in [-0.05, 0) is 68.7 Å². The standard InChI is InChI=1S/C34H47N3O4/c1-25(16-17-28-27(3)13-10-18-34(28,4)5)11-9-12-26(2)23-32(39)35-29(24-38)33(40)37-21-19-36(20-22-37)30-14-7-8-15-31(30)41-6/h7-9,11-12,14-17,23,29,38H,10,13,18-22,24H2,1-6H3,(H,35,39)/t29-/m0/s1. The van der Waals surface area contributed by atoms with Crippen molar-refractivity contribution < 1.29 is 19.4 Å². The Morgan fingerprint density at radius 1 is 1.10 bits per heavy atom. The third-order valence-electron chi connectivity index (χ3n) is 7.95. The summed E-state index contributed by atoms with van der Waals surface area (Å²) in [7, 11) is 1.65. The monoisotopic (exact) mass is 561 g/mol. The van der Waals surface area contributed by atoms with Crippen LogP contribution in [0.4, 0.5) is 5.69 Å². The molecule has 2 N–H and O–H groups in total. The average Bonchev–Trinajstić information content (AvgIpc) is 2.95. The van der Waals surface area contributed by atoms with E-state index in [4.69, 9.17) is 4.74 Å². The van der Waals surface area contributed by atoms with Crippen molar-refractivity contribution in [1.82, 2.24) is 10.2 Å². The lowest BCUT2D eigenvalue weighted by Crippen LogP contribution is -2.56. The quantitative estimate of drug-likeness (QED) is 0.297. The van der Waals surface area contributed by atoms with Gasteiger partial charge in [0.25, 0.3) is 0 Å². The van der Waals surface area contributed by atoms with Crippen molar-refractivity contribution in [3.05, 3.63) is 83.0 Å². The number of hydrogen-bond donors (Lipinski definition) is 2. The molecule has 1 aliphatic heterocycles. The fraction of sp³-hybridized carbons (Fsp3) is 0.471. The number of anilines is 1. The molecule has 41 heavy (non-hydrogen) atoms. The number of nitrogens with one attached hydrogen (secondary N) is 1. The van der Waals surface area contributed by atoms with Crippen molar-refractivity contribution in [2.45, 2.75) is 59.9 Å². The topological polar surface area (TPSA) is 82.1 Å². The molecule has 7 heteroatoms. The fourth-order valence-electron chi connectivity index (χ4n) is 5.57. The maximum Gasteiger partial charge on any atom is 0.247 e. The van der Waals surface area contributed by atoms with Crippen LogP contribution in [0.5, 0.6) is 5.75 Å². The van der Waals surface area contributed by atoms with Crippen LogP contribution in [-0.4, -0.2) is 67.8 Å². The van der Waals surface area contributed by atoms with E-state index in [0.717, 1.165) is 22.6 Å². The first kappa shape index (κ1) is 31.9. The van der Waals surface area contributed by atoms with E-state index >= 15 is 0 Å². The average molecular weight is 562 g/mol. The number of para-hydroxylation sites is 2. The van der Waals surface area contributed by atoms with Crippen molar-refractivity contribution in [3.63, 3.8) is 0 Å². The number of amides is 2. The SMILES string of the molecule is COc1ccccc1N1CCN(C(=O)[C@H](CO)NC(=O)C=C(C)C=CC=C(C)C=CC2=C(C)CCCC2(C)C)CC1. The van der Waals surface area contributed by atoms with E-state index in [0.29, 0.717) is 26.2 Å². The summed E-state index contributed by atoms with van der Waals surface area (Å²) in [6.45, 7) is 12.6. The van der Waals surface area contributed by atoms with Crippen LogP contribution in [0.25, 0.3) is 0 Å². The fourth-order valence-corrected chi connectivity index (χ4v) is 5.57. The van der Waals surface area contributed by atoms with Crippen LogP contribution >= 0.6 is 0 Å². The van der Waals surface area contributed by atoms with E-state index in [9.17, 15) is 14.7 Å². The summed E-state index contributed by atoms with van der Waals surface area (Å²) in [5, 5.41) is 12.5. The lowest BCUT2D eigenvalue weighted by atomic mass is 9.72. The van der Waals surface area contributed by atoms with Gasteiger partial charge in [-0.1, -0.05) is 67.5 Å². The zero-order chi connectivity index (χ0) is 30.0. The Morgan fingerprint density at radius 3 is 2.46 bits per heavy atom. The first-order valence-corrected chi connectivity index (χ1v) is 14.6. The maximum atomic E-state index is 13.1. The predicted molar refractivity (Wildman–Crippen MR) is 167 cm³/mol. The maximum absolute atomic E-state index is 13.1. The third kappa shape index (κ3) is 8.95. The first-order chi connectivity index (χ1) is 19.6. The second-order valence-corrected chi connectivity index (χ2v) is 11.7. The van der Waals surface area contributed by atoms with E-state index in [1.165, 1.54) is 36.5 Å². The largest absolute Gasteiger partial charge is 0.495 e. The third-order valence-corrected chi connectivity index (χ3v) is 7.95. The lowest BCUT2D eigenvalue weighted by molar-refractivity contribution is -0.137. The smallest absolute Gasteiger partial charge is 0.247 e. The number of carbonyl (C=O) groups excluding carboxylic acids is 2. The number of aliphatic hydroxyl groups is 1. The number of aliphatic hydroxyl groups excluding tert-OH is 1. The van der Waals surface area contributed by atoms with Gasteiger partial charge in [-0.3, -0.25) is 9.59 Å². The molecule has 2 amide bonds. The molecule has 222 valence electrons. The second kappa shape index (κ2) is 14.9. The molecule has 0 saturated carbocycles. The molecule has 1 aliphatic carbocycles. The van der Waals surface area contributed by atoms with Gasteiger partial charge in [0.1, 0.15) is 11.8 Å². The Kier molecular flexibility index (Phi) is 11.6. The Morgan fingerprint density at radius 2 is 1.80 bits per heavy atom. The van der Waals surface area contributed by atoms with Gasteiger partial charge in [0.05, 0.1) is 19.4 Å². The molecule has 7 nitrogen and oxygen atoms in total. The van der Waals surface area contributed by atoms with Gasteiger partial charge in [0, 0.05) is 32.3 Å². The van der Waals surface area contributed by atoms with Gasteiger partial charge in [-0.25, -0.2) is 0 Å². The molecular weight excluding hydrogens is 514 g/mol. The van der Waals surface area contributed by atoms with Gasteiger partial charge in [-0.15, -0.1) is 0 Å². The van der Waals surface area contributed by atoms with Crippen molar-refractivity contribution >= 4 is 17.5 Å². The van der Waals surface area contributed by atoms with Gasteiger partial charge in [0.2, 0.25) is 11.8 Å². The highest BCUT2D eigenvalue weighted by atomic mass is 16.5. The lowest BCUT2D eigenvalue weighted by Gasteiger charge is -2.37. The number of hydrogen-bond acceptors (Lipinski definition) is 5. The van der Waals surface area contributed by atoms with Crippen molar-refractivity contribution in [2.24, 2.45) is 5.41 Å². The number of piperazine rings is 1. The molecule has 1 atom stereocenters. The number of carbonyl (C=O) groups is 2. The summed E-state index contributed by atoms with van der Waals surface area (Å²) in [6.07, 6.45) is 15.3. The zero-order valence-corrected chi connectivity index (χ0v) is 25.6. The number of rotatable bonds is 10. The van der Waals surface area contributed by atoms with E-state index in [1.807, 2.05) is 49.4 Å². The molecule has 1 aromatic rings. The molecule has 0 spiro atoms. The van der Waals surface area contributed by atoms with Crippen molar-refractivity contribution in [3.8, 4) is 5.75 Å². The van der Waals surface area contributed by atoms with E-state index < -0.39 is 18.6 Å². The molecular formula is C34H47N3O4. The highest BCUT2D eigenvalue weighted by molar-refractivity contribution is 5.93. The van der Waals surface area contributed by atoms with E-state index in [-0.39, 0.29) is 11.3 Å². The predicted octanol–water partition coefficient (Wildman–Crippen LogP) is 5.35. The van der Waals surface area contributed by atoms with Crippen molar-refractivity contribution in [1.29, 1.82) is 0 Å². The number of ether oxygens (including phenoxy) is 1. The van der Waals surface area contributed by atoms with Crippen LogP contribution in [0.3, 0.4) is 0 Å². The van der Waals surface area contributed by atoms with Gasteiger partial charge < -0.3 is 25.0 Å². The van der Waals surface area contributed by atoms with Gasteiger partial charge >= 0.3 is 0 Å². The Hall–Kier alpha value is -3.58. The van der Waals surface area contributed by atoms with Crippen LogP contribution < -0.4 is 15.0 Å². The Bertz CT molecular complexity index is 1230. The molecule has 1 aromatic carbocycles. The number of methoxy groups -OCH3 is 1. The van der Waals surface area contributed by atoms with Crippen molar-refractivity contribution in [2.75, 3.05) is 44.8 Å². The summed E-state index contributed by atoms with van der Waals surface area (Å²) in [5.74, 6) is 0.107. The van der Waals surface area contributed by atoms with E-state index in [1.54, 1.807) is 12.0 Å². The molecule has 0 unspecified atom stereocenters. The number of benzene rings is 1. The minimum absolute atomic E-state index is 0.208. The Labute approximate surface area is 245 Å². The minimum Gasteiger partial charge on any atom is -0.495 e. The van der Waals surface area contributed by atoms with Crippen LogP contribution in [-0.2, 0) is 9.59 Å². The zero-order valence-electron chi connectivity index (χ0n) is 25.6. The van der Waals surface area contributed by atoms with Crippen LogP contribution in [0.15, 0.2) is 83.0 Å². The summed E-state index contributed by atoms with van der Waals surface area (Å²) >= 11 is 0. The number of nitrogens with zero attached hydrogens (tertiary/aromatic N) is 2. The highest BCUT2D eigenvalue weighted by Gasteiger charge is 2.29. The van der Waals surface area contributed by atoms with E-state index in [2.05, 4.69) is 50.1 Å². The molecule has 0 bridgehead atoms. The van der Waals surface area contributed by atoms with Crippen LogP contribution in [0.1, 0.15) is 53.9 Å². The summed E-state index contributed by atoms with van der Waals surface area (Å²) < 4.78 is 5.46. The van der Waals surface area contributed by atoms with Crippen LogP contribution in [0.2, 0.25) is 0 Å². The van der Waals surface area contributed by atoms with Gasteiger partial charge in [-0.2, -0.15) is 0 Å². The minimum atomic E-state index is -0.984. The molecule has 3 rings (SSSR count). The first-order valence-electron chi connectivity index (χ1n) is 14.6. The molecule has 2 aliphatic rings. The summed E-state index contributed by atoms with van der Waals surface area (Å²) in [6, 6.07) is 6.82.